The summed E-state index contributed by atoms with van der Waals surface area (Å²) in [5, 5.41) is 5.67. The lowest BCUT2D eigenvalue weighted by molar-refractivity contribution is -0.121. The van der Waals surface area contributed by atoms with Crippen molar-refractivity contribution in [2.75, 3.05) is 19.8 Å². The lowest BCUT2D eigenvalue weighted by atomic mass is 10.1. The molecule has 0 aliphatic rings. The molecule has 0 saturated carbocycles. The van der Waals surface area contributed by atoms with Crippen molar-refractivity contribution >= 4 is 44.7 Å². The average Bonchev–Trinajstić information content (AvgIpc) is 2.73. The zero-order valence-electron chi connectivity index (χ0n) is 16.1. The molecule has 3 rings (SSSR count). The Balaban J connectivity index is 1.63. The number of fused-ring (bicyclic) bond motifs is 1. The molecule has 0 unspecified atom stereocenters. The molecule has 0 fully saturated rings. The summed E-state index contributed by atoms with van der Waals surface area (Å²) in [7, 11) is -2.42. The molecule has 0 spiro atoms. The molecule has 0 atom stereocenters. The normalized spacial score (nSPS) is 12.0. The highest BCUT2D eigenvalue weighted by Gasteiger charge is 2.23. The van der Waals surface area contributed by atoms with Crippen molar-refractivity contribution in [2.24, 2.45) is 5.10 Å². The van der Waals surface area contributed by atoms with Gasteiger partial charge in [-0.25, -0.2) is 13.8 Å². The summed E-state index contributed by atoms with van der Waals surface area (Å²) in [4.78, 5) is 13.4. The number of hydrogen-bond donors (Lipinski definition) is 1. The van der Waals surface area contributed by atoms with Crippen molar-refractivity contribution in [3.63, 3.8) is 0 Å². The quantitative estimate of drug-likeness (QED) is 0.356. The van der Waals surface area contributed by atoms with E-state index in [1.807, 2.05) is 54.8 Å². The molecule has 0 heterocycles. The second-order valence-electron chi connectivity index (χ2n) is 6.34. The van der Waals surface area contributed by atoms with Crippen LogP contribution in [0.15, 0.2) is 81.6 Å². The molecule has 0 aliphatic carbocycles. The van der Waals surface area contributed by atoms with Crippen LogP contribution in [-0.2, 0) is 14.8 Å². The van der Waals surface area contributed by atoms with Crippen LogP contribution in [0.3, 0.4) is 0 Å². The minimum Gasteiger partial charge on any atom is -0.272 e. The van der Waals surface area contributed by atoms with E-state index in [0.29, 0.717) is 0 Å². The van der Waals surface area contributed by atoms with E-state index in [9.17, 15) is 13.2 Å². The number of nitrogens with zero attached hydrogens (tertiary/aromatic N) is 2. The van der Waals surface area contributed by atoms with Crippen molar-refractivity contribution in [3.8, 4) is 0 Å². The van der Waals surface area contributed by atoms with Crippen LogP contribution in [0.5, 0.6) is 0 Å². The molecule has 150 valence electrons. The SMILES string of the molecule is CSc1ccc(/C=N/NC(=O)CN(C)S(=O)(=O)c2ccc3ccccc3c2)cc1. The van der Waals surface area contributed by atoms with Gasteiger partial charge in [0.15, 0.2) is 0 Å². The Morgan fingerprint density at radius 2 is 1.76 bits per heavy atom. The van der Waals surface area contributed by atoms with Crippen LogP contribution >= 0.6 is 11.8 Å². The highest BCUT2D eigenvalue weighted by molar-refractivity contribution is 7.98. The number of carbonyl (C=O) groups excluding carboxylic acids is 1. The summed E-state index contributed by atoms with van der Waals surface area (Å²) in [6, 6.07) is 20.1. The maximum absolute atomic E-state index is 12.8. The van der Waals surface area contributed by atoms with Crippen LogP contribution < -0.4 is 5.43 Å². The molecule has 0 aliphatic heterocycles. The first-order chi connectivity index (χ1) is 13.9. The molecule has 8 heteroatoms. The maximum Gasteiger partial charge on any atom is 0.255 e. The summed E-state index contributed by atoms with van der Waals surface area (Å²) < 4.78 is 26.6. The van der Waals surface area contributed by atoms with Gasteiger partial charge in [0.2, 0.25) is 10.0 Å². The first-order valence-corrected chi connectivity index (χ1v) is 11.5. The zero-order chi connectivity index (χ0) is 20.9. The number of rotatable bonds is 7. The zero-order valence-corrected chi connectivity index (χ0v) is 17.7. The van der Waals surface area contributed by atoms with Gasteiger partial charge in [-0.2, -0.15) is 9.41 Å². The lowest BCUT2D eigenvalue weighted by Gasteiger charge is -2.16. The Kier molecular flexibility index (Phi) is 6.68. The molecule has 1 amide bonds. The van der Waals surface area contributed by atoms with Gasteiger partial charge in [-0.3, -0.25) is 4.79 Å². The molecular weight excluding hydrogens is 406 g/mol. The Bertz CT molecular complexity index is 1140. The largest absolute Gasteiger partial charge is 0.272 e. The molecule has 6 nitrogen and oxygen atoms in total. The highest BCUT2D eigenvalue weighted by Crippen LogP contribution is 2.21. The summed E-state index contributed by atoms with van der Waals surface area (Å²) in [5.74, 6) is -0.520. The van der Waals surface area contributed by atoms with Crippen LogP contribution in [0.4, 0.5) is 0 Å². The van der Waals surface area contributed by atoms with Crippen molar-refractivity contribution in [1.82, 2.24) is 9.73 Å². The van der Waals surface area contributed by atoms with Gasteiger partial charge in [-0.05, 0) is 46.9 Å². The number of likely N-dealkylation sites (N-methyl/N-ethyl adjacent to an activating group) is 1. The third-order valence-corrected chi connectivity index (χ3v) is 6.86. The van der Waals surface area contributed by atoms with E-state index in [1.54, 1.807) is 30.0 Å². The molecule has 1 N–H and O–H groups in total. The van der Waals surface area contributed by atoms with Gasteiger partial charge >= 0.3 is 0 Å². The summed E-state index contributed by atoms with van der Waals surface area (Å²) in [5.41, 5.74) is 3.20. The van der Waals surface area contributed by atoms with Gasteiger partial charge in [0.05, 0.1) is 17.7 Å². The predicted molar refractivity (Wildman–Crippen MR) is 118 cm³/mol. The lowest BCUT2D eigenvalue weighted by Crippen LogP contribution is -2.36. The van der Waals surface area contributed by atoms with Gasteiger partial charge in [0.1, 0.15) is 0 Å². The van der Waals surface area contributed by atoms with Crippen LogP contribution in [-0.4, -0.2) is 44.7 Å². The van der Waals surface area contributed by atoms with Gasteiger partial charge < -0.3 is 0 Å². The summed E-state index contributed by atoms with van der Waals surface area (Å²) >= 11 is 1.64. The summed E-state index contributed by atoms with van der Waals surface area (Å²) in [6.45, 7) is -0.335. The molecule has 0 bridgehead atoms. The number of hydrogen-bond acceptors (Lipinski definition) is 5. The second kappa shape index (κ2) is 9.21. The van der Waals surface area contributed by atoms with E-state index in [1.165, 1.54) is 13.3 Å². The molecular formula is C21H21N3O3S2. The number of amides is 1. The van der Waals surface area contributed by atoms with Crippen molar-refractivity contribution in [2.45, 2.75) is 9.79 Å². The number of nitrogens with one attached hydrogen (secondary N) is 1. The predicted octanol–water partition coefficient (Wildman–Crippen LogP) is 3.33. The number of sulfonamides is 1. The fourth-order valence-electron chi connectivity index (χ4n) is 2.70. The van der Waals surface area contributed by atoms with Crippen molar-refractivity contribution < 1.29 is 13.2 Å². The van der Waals surface area contributed by atoms with Gasteiger partial charge in [0, 0.05) is 11.9 Å². The number of benzene rings is 3. The fourth-order valence-corrected chi connectivity index (χ4v) is 4.27. The number of carbonyl (C=O) groups is 1. The maximum atomic E-state index is 12.8. The molecule has 0 saturated heterocycles. The topological polar surface area (TPSA) is 78.8 Å². The number of hydrazone groups is 1. The minimum atomic E-state index is -3.79. The number of thioether (sulfide) groups is 1. The summed E-state index contributed by atoms with van der Waals surface area (Å²) in [6.07, 6.45) is 3.51. The van der Waals surface area contributed by atoms with Crippen LogP contribution in [0, 0.1) is 0 Å². The Morgan fingerprint density at radius 3 is 2.45 bits per heavy atom. The van der Waals surface area contributed by atoms with E-state index < -0.39 is 15.9 Å². The fraction of sp³-hybridized carbons (Fsp3) is 0.143. The van der Waals surface area contributed by atoms with E-state index >= 15 is 0 Å². The minimum absolute atomic E-state index is 0.142. The molecule has 3 aromatic rings. The second-order valence-corrected chi connectivity index (χ2v) is 9.26. The van der Waals surface area contributed by atoms with Crippen molar-refractivity contribution in [3.05, 3.63) is 72.3 Å². The molecule has 3 aromatic carbocycles. The monoisotopic (exact) mass is 427 g/mol. The van der Waals surface area contributed by atoms with Gasteiger partial charge in [-0.1, -0.05) is 42.5 Å². The van der Waals surface area contributed by atoms with Gasteiger partial charge in [0.25, 0.3) is 5.91 Å². The first-order valence-electron chi connectivity index (χ1n) is 8.81. The first kappa shape index (κ1) is 21.0. The molecule has 0 aromatic heterocycles. The van der Waals surface area contributed by atoms with Crippen LogP contribution in [0.2, 0.25) is 0 Å². The average molecular weight is 428 g/mol. The highest BCUT2D eigenvalue weighted by atomic mass is 32.2. The smallest absolute Gasteiger partial charge is 0.255 e. The van der Waals surface area contributed by atoms with Crippen LogP contribution in [0.25, 0.3) is 10.8 Å². The molecule has 0 radical (unpaired) electrons. The molecule has 29 heavy (non-hydrogen) atoms. The third-order valence-electron chi connectivity index (χ3n) is 4.31. The Labute approximate surface area is 174 Å². The third kappa shape index (κ3) is 5.23. The Hall–Kier alpha value is -2.68. The van der Waals surface area contributed by atoms with Crippen molar-refractivity contribution in [1.29, 1.82) is 0 Å². The Morgan fingerprint density at radius 1 is 1.07 bits per heavy atom. The van der Waals surface area contributed by atoms with E-state index in [2.05, 4.69) is 10.5 Å². The van der Waals surface area contributed by atoms with Gasteiger partial charge in [-0.15, -0.1) is 11.8 Å². The standard InChI is InChI=1S/C21H21N3O3S2/c1-24(15-21(25)23-22-14-16-7-10-19(28-2)11-8-16)29(26,27)20-12-9-17-5-3-4-6-18(17)13-20/h3-14H,15H2,1-2H3,(H,23,25)/b22-14+. The van der Waals surface area contributed by atoms with E-state index in [-0.39, 0.29) is 11.4 Å². The van der Waals surface area contributed by atoms with Crippen LogP contribution in [0.1, 0.15) is 5.56 Å². The van der Waals surface area contributed by atoms with E-state index in [4.69, 9.17) is 0 Å². The van der Waals surface area contributed by atoms with E-state index in [0.717, 1.165) is 25.5 Å².